The fourth-order valence-corrected chi connectivity index (χ4v) is 2.27. The predicted molar refractivity (Wildman–Crippen MR) is 96.8 cm³/mol. The van der Waals surface area contributed by atoms with E-state index in [0.29, 0.717) is 34.2 Å². The van der Waals surface area contributed by atoms with Crippen LogP contribution in [0.5, 0.6) is 0 Å². The average Bonchev–Trinajstić information content (AvgIpc) is 3.03. The van der Waals surface area contributed by atoms with Gasteiger partial charge in [0.1, 0.15) is 5.82 Å². The number of nitrogens with one attached hydrogen (secondary N) is 2. The molecule has 0 saturated heterocycles. The summed E-state index contributed by atoms with van der Waals surface area (Å²) < 4.78 is 5.21. The van der Waals surface area contributed by atoms with Gasteiger partial charge < -0.3 is 15.2 Å². The lowest BCUT2D eigenvalue weighted by Crippen LogP contribution is -2.28. The van der Waals surface area contributed by atoms with Crippen LogP contribution >= 0.6 is 23.8 Å². The summed E-state index contributed by atoms with van der Waals surface area (Å²) >= 11 is 11.1. The number of benzene rings is 1. The molecule has 8 heteroatoms. The van der Waals surface area contributed by atoms with Gasteiger partial charge in [-0.1, -0.05) is 16.8 Å². The molecule has 3 rings (SSSR count). The summed E-state index contributed by atoms with van der Waals surface area (Å²) in [6.45, 7) is 2.30. The van der Waals surface area contributed by atoms with Gasteiger partial charge in [-0.15, -0.1) is 0 Å². The molecule has 1 aromatic carbocycles. The van der Waals surface area contributed by atoms with E-state index in [1.54, 1.807) is 18.3 Å². The van der Waals surface area contributed by atoms with Crippen LogP contribution in [0.3, 0.4) is 0 Å². The first-order valence-electron chi connectivity index (χ1n) is 7.16. The molecule has 0 amide bonds. The van der Waals surface area contributed by atoms with Crippen LogP contribution in [-0.4, -0.2) is 20.2 Å². The van der Waals surface area contributed by atoms with E-state index in [9.17, 15) is 0 Å². The molecule has 122 valence electrons. The number of aryl methyl sites for hydroxylation is 1. The molecule has 2 N–H and O–H groups in total. The van der Waals surface area contributed by atoms with Crippen molar-refractivity contribution in [2.45, 2.75) is 13.5 Å². The van der Waals surface area contributed by atoms with Crippen LogP contribution in [-0.2, 0) is 6.54 Å². The van der Waals surface area contributed by atoms with Gasteiger partial charge in [0, 0.05) is 16.8 Å². The zero-order chi connectivity index (χ0) is 16.9. The van der Waals surface area contributed by atoms with E-state index in [-0.39, 0.29) is 0 Å². The first-order valence-corrected chi connectivity index (χ1v) is 7.95. The van der Waals surface area contributed by atoms with Crippen LogP contribution in [0, 0.1) is 6.92 Å². The lowest BCUT2D eigenvalue weighted by atomic mass is 10.2. The van der Waals surface area contributed by atoms with Crippen molar-refractivity contribution in [1.29, 1.82) is 0 Å². The minimum absolute atomic E-state index is 0.318. The molecule has 2 heterocycles. The van der Waals surface area contributed by atoms with Crippen molar-refractivity contribution < 1.29 is 4.52 Å². The number of thiocarbonyl (C=S) groups is 1. The minimum atomic E-state index is 0.318. The number of hydrogen-bond acceptors (Lipinski definition) is 5. The van der Waals surface area contributed by atoms with Crippen molar-refractivity contribution in [2.24, 2.45) is 0 Å². The Balaban J connectivity index is 1.57. The van der Waals surface area contributed by atoms with Crippen LogP contribution in [0.4, 0.5) is 5.82 Å². The SMILES string of the molecule is Cc1ccnc(NC(=S)NCc2nc(-c3ccc(Cl)cc3)no2)c1. The number of rotatable bonds is 4. The molecule has 0 bridgehead atoms. The Morgan fingerprint density at radius 1 is 1.25 bits per heavy atom. The van der Waals surface area contributed by atoms with E-state index in [0.717, 1.165) is 11.1 Å². The number of halogens is 1. The highest BCUT2D eigenvalue weighted by molar-refractivity contribution is 7.80. The highest BCUT2D eigenvalue weighted by Gasteiger charge is 2.09. The second-order valence-corrected chi connectivity index (χ2v) is 5.89. The second kappa shape index (κ2) is 7.37. The number of nitrogens with zero attached hydrogens (tertiary/aromatic N) is 3. The predicted octanol–water partition coefficient (Wildman–Crippen LogP) is 3.58. The van der Waals surface area contributed by atoms with Crippen LogP contribution in [0.2, 0.25) is 5.02 Å². The first kappa shape index (κ1) is 16.4. The molecule has 2 aromatic heterocycles. The zero-order valence-corrected chi connectivity index (χ0v) is 14.4. The Labute approximate surface area is 149 Å². The first-order chi connectivity index (χ1) is 11.6. The van der Waals surface area contributed by atoms with Gasteiger partial charge in [-0.3, -0.25) is 0 Å². The molecule has 0 atom stereocenters. The van der Waals surface area contributed by atoms with Gasteiger partial charge in [-0.2, -0.15) is 4.98 Å². The van der Waals surface area contributed by atoms with E-state index >= 15 is 0 Å². The molecule has 0 aliphatic rings. The molecule has 0 radical (unpaired) electrons. The maximum absolute atomic E-state index is 5.86. The van der Waals surface area contributed by atoms with Crippen LogP contribution in [0.15, 0.2) is 47.1 Å². The monoisotopic (exact) mass is 359 g/mol. The topological polar surface area (TPSA) is 75.9 Å². The molecule has 0 spiro atoms. The Morgan fingerprint density at radius 2 is 2.04 bits per heavy atom. The van der Waals surface area contributed by atoms with Crippen molar-refractivity contribution in [3.05, 3.63) is 59.1 Å². The highest BCUT2D eigenvalue weighted by atomic mass is 35.5. The number of anilines is 1. The number of hydrogen-bond donors (Lipinski definition) is 2. The van der Waals surface area contributed by atoms with E-state index in [4.69, 9.17) is 28.3 Å². The maximum atomic E-state index is 5.86. The molecular weight excluding hydrogens is 346 g/mol. The standard InChI is InChI=1S/C16H14ClN5OS/c1-10-6-7-18-13(8-10)20-16(24)19-9-14-21-15(22-23-14)11-2-4-12(17)5-3-11/h2-8H,9H2,1H3,(H2,18,19,20,24). The van der Waals surface area contributed by atoms with Gasteiger partial charge in [-0.25, -0.2) is 4.98 Å². The van der Waals surface area contributed by atoms with Gasteiger partial charge in [0.15, 0.2) is 5.11 Å². The lowest BCUT2D eigenvalue weighted by Gasteiger charge is -2.08. The Kier molecular flexibility index (Phi) is 5.02. The van der Waals surface area contributed by atoms with Crippen LogP contribution in [0.1, 0.15) is 11.5 Å². The smallest absolute Gasteiger partial charge is 0.246 e. The van der Waals surface area contributed by atoms with Gasteiger partial charge in [-0.05, 0) is 61.1 Å². The molecule has 24 heavy (non-hydrogen) atoms. The van der Waals surface area contributed by atoms with E-state index in [2.05, 4.69) is 25.8 Å². The third-order valence-electron chi connectivity index (χ3n) is 3.13. The molecule has 0 saturated carbocycles. The molecule has 0 aliphatic heterocycles. The summed E-state index contributed by atoms with van der Waals surface area (Å²) in [5.41, 5.74) is 1.93. The van der Waals surface area contributed by atoms with Crippen molar-refractivity contribution in [2.75, 3.05) is 5.32 Å². The van der Waals surface area contributed by atoms with Crippen molar-refractivity contribution >= 4 is 34.7 Å². The largest absolute Gasteiger partial charge is 0.353 e. The Hall–Kier alpha value is -2.51. The van der Waals surface area contributed by atoms with E-state index < -0.39 is 0 Å². The molecule has 0 aliphatic carbocycles. The summed E-state index contributed by atoms with van der Waals surface area (Å²) in [4.78, 5) is 8.50. The summed E-state index contributed by atoms with van der Waals surface area (Å²) in [5.74, 6) is 1.61. The van der Waals surface area contributed by atoms with Gasteiger partial charge in [0.05, 0.1) is 6.54 Å². The summed E-state index contributed by atoms with van der Waals surface area (Å²) in [5, 5.41) is 11.0. The molecular formula is C16H14ClN5OS. The fraction of sp³-hybridized carbons (Fsp3) is 0.125. The van der Waals surface area contributed by atoms with Crippen LogP contribution in [0.25, 0.3) is 11.4 Å². The van der Waals surface area contributed by atoms with Crippen molar-refractivity contribution in [3.63, 3.8) is 0 Å². The molecule has 0 fully saturated rings. The summed E-state index contributed by atoms with van der Waals surface area (Å²) in [6, 6.07) is 11.0. The number of aromatic nitrogens is 3. The maximum Gasteiger partial charge on any atom is 0.246 e. The quantitative estimate of drug-likeness (QED) is 0.689. The van der Waals surface area contributed by atoms with Gasteiger partial charge in [0.25, 0.3) is 0 Å². The van der Waals surface area contributed by atoms with Crippen LogP contribution < -0.4 is 10.6 Å². The fourth-order valence-electron chi connectivity index (χ4n) is 1.96. The summed E-state index contributed by atoms with van der Waals surface area (Å²) in [6.07, 6.45) is 1.72. The van der Waals surface area contributed by atoms with Gasteiger partial charge in [0.2, 0.25) is 11.7 Å². The van der Waals surface area contributed by atoms with E-state index in [1.165, 1.54) is 0 Å². The molecule has 6 nitrogen and oxygen atoms in total. The zero-order valence-electron chi connectivity index (χ0n) is 12.8. The normalized spacial score (nSPS) is 10.4. The number of pyridine rings is 1. The molecule has 0 unspecified atom stereocenters. The lowest BCUT2D eigenvalue weighted by molar-refractivity contribution is 0.376. The summed E-state index contributed by atoms with van der Waals surface area (Å²) in [7, 11) is 0. The Morgan fingerprint density at radius 3 is 2.79 bits per heavy atom. The second-order valence-electron chi connectivity index (χ2n) is 5.04. The van der Waals surface area contributed by atoms with Crippen molar-refractivity contribution in [3.8, 4) is 11.4 Å². The minimum Gasteiger partial charge on any atom is -0.353 e. The Bertz CT molecular complexity index is 850. The average molecular weight is 360 g/mol. The van der Waals surface area contributed by atoms with E-state index in [1.807, 2.05) is 31.2 Å². The molecule has 3 aromatic rings. The third-order valence-corrected chi connectivity index (χ3v) is 3.63. The van der Waals surface area contributed by atoms with Crippen molar-refractivity contribution in [1.82, 2.24) is 20.4 Å². The highest BCUT2D eigenvalue weighted by Crippen LogP contribution is 2.18. The third kappa shape index (κ3) is 4.27. The van der Waals surface area contributed by atoms with Gasteiger partial charge >= 0.3 is 0 Å².